The average Bonchev–Trinajstić information content (AvgIpc) is 2.89. The predicted octanol–water partition coefficient (Wildman–Crippen LogP) is 5.12. The maximum atomic E-state index is 9.71. The van der Waals surface area contributed by atoms with E-state index >= 15 is 0 Å². The van der Waals surface area contributed by atoms with Gasteiger partial charge in [-0.3, -0.25) is 0 Å². The number of oxazole rings is 1. The third-order valence-electron chi connectivity index (χ3n) is 2.70. The van der Waals surface area contributed by atoms with E-state index in [0.717, 1.165) is 5.56 Å². The zero-order chi connectivity index (χ0) is 14.7. The topological polar surface area (TPSA) is 71.0 Å². The van der Waals surface area contributed by atoms with Crippen LogP contribution >= 0.6 is 11.6 Å². The highest BCUT2D eigenvalue weighted by Gasteiger charge is 2.13. The summed E-state index contributed by atoms with van der Waals surface area (Å²) in [7, 11) is 0. The maximum absolute atomic E-state index is 9.71. The van der Waals surface area contributed by atoms with Gasteiger partial charge in [0, 0.05) is 10.6 Å². The van der Waals surface area contributed by atoms with Crippen molar-refractivity contribution in [3.63, 3.8) is 0 Å². The molecule has 3 rings (SSSR count). The Labute approximate surface area is 125 Å². The fourth-order valence-corrected chi connectivity index (χ4v) is 1.81. The largest absolute Gasteiger partial charge is 0.478 e. The lowest BCUT2D eigenvalue weighted by Gasteiger charge is -1.91. The molecule has 0 saturated heterocycles. The first-order valence-corrected chi connectivity index (χ1v) is 6.53. The third kappa shape index (κ3) is 3.09. The lowest BCUT2D eigenvalue weighted by atomic mass is 10.2. The van der Waals surface area contributed by atoms with Crippen LogP contribution in [0.4, 0.5) is 11.5 Å². The molecule has 0 amide bonds. The van der Waals surface area contributed by atoms with Crippen LogP contribution in [0.2, 0.25) is 5.02 Å². The van der Waals surface area contributed by atoms with Gasteiger partial charge in [-0.05, 0) is 36.4 Å². The quantitative estimate of drug-likeness (QED) is 0.683. The Kier molecular flexibility index (Phi) is 3.66. The second-order valence-corrected chi connectivity index (χ2v) is 4.63. The summed E-state index contributed by atoms with van der Waals surface area (Å²) >= 11 is 5.79. The van der Waals surface area contributed by atoms with Gasteiger partial charge in [0.05, 0.1) is 5.69 Å². The van der Waals surface area contributed by atoms with E-state index in [-0.39, 0.29) is 17.7 Å². The van der Waals surface area contributed by atoms with Crippen molar-refractivity contribution in [2.24, 2.45) is 10.2 Å². The monoisotopic (exact) mass is 299 g/mol. The van der Waals surface area contributed by atoms with E-state index in [4.69, 9.17) is 16.0 Å². The second-order valence-electron chi connectivity index (χ2n) is 4.19. The number of nitrogens with zero attached hydrogens (tertiary/aromatic N) is 3. The Morgan fingerprint density at radius 2 is 1.67 bits per heavy atom. The minimum atomic E-state index is -0.369. The van der Waals surface area contributed by atoms with E-state index in [9.17, 15) is 5.11 Å². The highest BCUT2D eigenvalue weighted by atomic mass is 35.5. The minimum absolute atomic E-state index is 0.0313. The van der Waals surface area contributed by atoms with E-state index in [1.807, 2.05) is 30.3 Å². The normalized spacial score (nSPS) is 11.1. The number of hydrogen-bond donors (Lipinski definition) is 1. The van der Waals surface area contributed by atoms with Crippen molar-refractivity contribution in [3.8, 4) is 17.4 Å². The Morgan fingerprint density at radius 1 is 0.952 bits per heavy atom. The number of halogens is 1. The standard InChI is InChI=1S/C15H10ClN3O2/c16-11-6-8-12(9-7-11)18-19-13-15(20)21-14(17-13)10-4-2-1-3-5-10/h1-9,20H. The van der Waals surface area contributed by atoms with Crippen LogP contribution in [-0.4, -0.2) is 10.1 Å². The molecule has 0 aliphatic rings. The highest BCUT2D eigenvalue weighted by Crippen LogP contribution is 2.32. The Bertz CT molecular complexity index is 767. The molecule has 3 aromatic rings. The number of benzene rings is 2. The van der Waals surface area contributed by atoms with Gasteiger partial charge in [0.15, 0.2) is 0 Å². The molecule has 0 unspecified atom stereocenters. The van der Waals surface area contributed by atoms with Crippen LogP contribution in [0.5, 0.6) is 5.95 Å². The Balaban J connectivity index is 1.86. The first kappa shape index (κ1) is 13.3. The fourth-order valence-electron chi connectivity index (χ4n) is 1.69. The minimum Gasteiger partial charge on any atom is -0.478 e. The molecule has 104 valence electrons. The molecule has 0 spiro atoms. The van der Waals surface area contributed by atoms with Gasteiger partial charge >= 0.3 is 5.95 Å². The molecule has 1 aromatic heterocycles. The second kappa shape index (κ2) is 5.76. The molecular weight excluding hydrogens is 290 g/mol. The Morgan fingerprint density at radius 3 is 2.38 bits per heavy atom. The zero-order valence-electron chi connectivity index (χ0n) is 10.8. The summed E-state index contributed by atoms with van der Waals surface area (Å²) in [6.45, 7) is 0. The number of azo groups is 1. The molecule has 0 bridgehead atoms. The van der Waals surface area contributed by atoms with Crippen molar-refractivity contribution in [1.29, 1.82) is 0 Å². The van der Waals surface area contributed by atoms with E-state index in [0.29, 0.717) is 10.7 Å². The molecule has 5 nitrogen and oxygen atoms in total. The fraction of sp³-hybridized carbons (Fsp3) is 0. The zero-order valence-corrected chi connectivity index (χ0v) is 11.5. The lowest BCUT2D eigenvalue weighted by Crippen LogP contribution is -1.74. The summed E-state index contributed by atoms with van der Waals surface area (Å²) in [6, 6.07) is 16.1. The van der Waals surface area contributed by atoms with Crippen molar-refractivity contribution in [2.75, 3.05) is 0 Å². The van der Waals surface area contributed by atoms with Crippen molar-refractivity contribution in [3.05, 3.63) is 59.6 Å². The smallest absolute Gasteiger partial charge is 0.332 e. The third-order valence-corrected chi connectivity index (χ3v) is 2.95. The van der Waals surface area contributed by atoms with E-state index in [1.54, 1.807) is 24.3 Å². The molecule has 21 heavy (non-hydrogen) atoms. The summed E-state index contributed by atoms with van der Waals surface area (Å²) in [5.41, 5.74) is 1.35. The summed E-state index contributed by atoms with van der Waals surface area (Å²) < 4.78 is 5.18. The SMILES string of the molecule is Oc1oc(-c2ccccc2)nc1N=Nc1ccc(Cl)cc1. The van der Waals surface area contributed by atoms with Crippen LogP contribution in [0.1, 0.15) is 0 Å². The van der Waals surface area contributed by atoms with Crippen LogP contribution in [0.3, 0.4) is 0 Å². The van der Waals surface area contributed by atoms with Crippen molar-refractivity contribution in [2.45, 2.75) is 0 Å². The number of aromatic nitrogens is 1. The summed E-state index contributed by atoms with van der Waals surface area (Å²) in [5.74, 6) is -0.0477. The number of aromatic hydroxyl groups is 1. The van der Waals surface area contributed by atoms with E-state index in [1.165, 1.54) is 0 Å². The lowest BCUT2D eigenvalue weighted by molar-refractivity contribution is 0.338. The van der Waals surface area contributed by atoms with Crippen LogP contribution < -0.4 is 0 Å². The van der Waals surface area contributed by atoms with Crippen LogP contribution in [0, 0.1) is 0 Å². The van der Waals surface area contributed by atoms with Gasteiger partial charge in [0.1, 0.15) is 0 Å². The summed E-state index contributed by atoms with van der Waals surface area (Å²) in [4.78, 5) is 4.11. The van der Waals surface area contributed by atoms with Crippen molar-refractivity contribution >= 4 is 23.1 Å². The van der Waals surface area contributed by atoms with Gasteiger partial charge in [-0.1, -0.05) is 29.8 Å². The number of rotatable bonds is 3. The molecule has 0 aliphatic heterocycles. The summed E-state index contributed by atoms with van der Waals surface area (Å²) in [5, 5.41) is 18.2. The Hall–Kier alpha value is -2.66. The first-order valence-electron chi connectivity index (χ1n) is 6.15. The number of hydrogen-bond acceptors (Lipinski definition) is 5. The van der Waals surface area contributed by atoms with Gasteiger partial charge < -0.3 is 9.52 Å². The highest BCUT2D eigenvalue weighted by molar-refractivity contribution is 6.30. The van der Waals surface area contributed by atoms with Gasteiger partial charge in [-0.15, -0.1) is 10.2 Å². The first-order chi connectivity index (χ1) is 10.2. The van der Waals surface area contributed by atoms with Crippen molar-refractivity contribution in [1.82, 2.24) is 4.98 Å². The summed E-state index contributed by atoms with van der Waals surface area (Å²) in [6.07, 6.45) is 0. The van der Waals surface area contributed by atoms with E-state index < -0.39 is 0 Å². The van der Waals surface area contributed by atoms with Gasteiger partial charge in [-0.2, -0.15) is 4.98 Å². The van der Waals surface area contributed by atoms with Crippen molar-refractivity contribution < 1.29 is 9.52 Å². The molecule has 0 fully saturated rings. The molecule has 0 radical (unpaired) electrons. The molecular formula is C15H10ClN3O2. The predicted molar refractivity (Wildman–Crippen MR) is 79.2 cm³/mol. The molecule has 0 saturated carbocycles. The molecule has 1 N–H and O–H groups in total. The molecule has 6 heteroatoms. The van der Waals surface area contributed by atoms with Gasteiger partial charge in [0.25, 0.3) is 5.82 Å². The average molecular weight is 300 g/mol. The molecule has 0 aliphatic carbocycles. The van der Waals surface area contributed by atoms with Crippen LogP contribution in [0.25, 0.3) is 11.5 Å². The van der Waals surface area contributed by atoms with Gasteiger partial charge in [-0.25, -0.2) is 0 Å². The van der Waals surface area contributed by atoms with Crippen LogP contribution in [0.15, 0.2) is 69.2 Å². The molecule has 1 heterocycles. The van der Waals surface area contributed by atoms with Crippen LogP contribution in [-0.2, 0) is 0 Å². The molecule has 2 aromatic carbocycles. The van der Waals surface area contributed by atoms with Gasteiger partial charge in [0.2, 0.25) is 5.89 Å². The van der Waals surface area contributed by atoms with E-state index in [2.05, 4.69) is 15.2 Å². The molecule has 0 atom stereocenters. The maximum Gasteiger partial charge on any atom is 0.332 e.